The van der Waals surface area contributed by atoms with Crippen molar-refractivity contribution in [1.82, 2.24) is 9.36 Å². The van der Waals surface area contributed by atoms with Gasteiger partial charge >= 0.3 is 0 Å². The second kappa shape index (κ2) is 5.14. The normalized spacial score (nSPS) is 10.5. The highest BCUT2D eigenvalue weighted by Crippen LogP contribution is 2.19. The van der Waals surface area contributed by atoms with Crippen LogP contribution in [0.4, 0.5) is 10.8 Å². The van der Waals surface area contributed by atoms with Crippen LogP contribution in [0.25, 0.3) is 0 Å². The van der Waals surface area contributed by atoms with Crippen molar-refractivity contribution in [3.05, 3.63) is 35.7 Å². The molecular formula is C12H16N4S. The fourth-order valence-corrected chi connectivity index (χ4v) is 2.31. The average Bonchev–Trinajstić information content (AvgIpc) is 2.75. The van der Waals surface area contributed by atoms with Crippen LogP contribution in [0.15, 0.2) is 24.3 Å². The molecule has 0 aliphatic rings. The molecule has 0 fully saturated rings. The van der Waals surface area contributed by atoms with Crippen LogP contribution in [0.2, 0.25) is 0 Å². The number of hydrogen-bond acceptors (Lipinski definition) is 5. The molecule has 0 saturated heterocycles. The Bertz CT molecular complexity index is 478. The van der Waals surface area contributed by atoms with E-state index < -0.39 is 0 Å². The van der Waals surface area contributed by atoms with Crippen LogP contribution in [0.3, 0.4) is 0 Å². The molecule has 2 aromatic rings. The van der Waals surface area contributed by atoms with Gasteiger partial charge in [-0.25, -0.2) is 4.98 Å². The van der Waals surface area contributed by atoms with Gasteiger partial charge in [-0.15, -0.1) is 0 Å². The van der Waals surface area contributed by atoms with Crippen LogP contribution in [0, 0.1) is 6.92 Å². The van der Waals surface area contributed by atoms with Gasteiger partial charge in [0.25, 0.3) is 0 Å². The van der Waals surface area contributed by atoms with Gasteiger partial charge < -0.3 is 10.6 Å². The van der Waals surface area contributed by atoms with E-state index in [1.54, 1.807) is 0 Å². The van der Waals surface area contributed by atoms with Crippen molar-refractivity contribution in [2.75, 3.05) is 17.2 Å². The highest BCUT2D eigenvalue weighted by atomic mass is 32.1. The Morgan fingerprint density at radius 2 is 2.00 bits per heavy atom. The van der Waals surface area contributed by atoms with E-state index in [4.69, 9.17) is 5.73 Å². The molecule has 2 rings (SSSR count). The largest absolute Gasteiger partial charge is 0.399 e. The monoisotopic (exact) mass is 248 g/mol. The molecule has 2 N–H and O–H groups in total. The van der Waals surface area contributed by atoms with Crippen molar-refractivity contribution in [3.63, 3.8) is 0 Å². The van der Waals surface area contributed by atoms with Gasteiger partial charge in [0.05, 0.1) is 0 Å². The molecular weight excluding hydrogens is 232 g/mol. The van der Waals surface area contributed by atoms with E-state index in [1.165, 1.54) is 17.1 Å². The Kier molecular flexibility index (Phi) is 3.58. The van der Waals surface area contributed by atoms with Gasteiger partial charge in [0.2, 0.25) is 5.13 Å². The van der Waals surface area contributed by atoms with Crippen LogP contribution < -0.4 is 10.6 Å². The first kappa shape index (κ1) is 11.9. The number of anilines is 2. The fourth-order valence-electron chi connectivity index (χ4n) is 1.57. The van der Waals surface area contributed by atoms with Gasteiger partial charge in [-0.3, -0.25) is 0 Å². The summed E-state index contributed by atoms with van der Waals surface area (Å²) in [6, 6.07) is 7.95. The first-order valence-electron chi connectivity index (χ1n) is 5.58. The van der Waals surface area contributed by atoms with Gasteiger partial charge in [0.15, 0.2) is 0 Å². The van der Waals surface area contributed by atoms with Crippen LogP contribution in [-0.4, -0.2) is 15.9 Å². The van der Waals surface area contributed by atoms with Crippen LogP contribution in [-0.2, 0) is 6.54 Å². The number of benzene rings is 1. The molecule has 1 heterocycles. The zero-order valence-electron chi connectivity index (χ0n) is 10.1. The lowest BCUT2D eigenvalue weighted by Gasteiger charge is -2.19. The number of aryl methyl sites for hydroxylation is 1. The molecule has 17 heavy (non-hydrogen) atoms. The first-order valence-corrected chi connectivity index (χ1v) is 6.36. The summed E-state index contributed by atoms with van der Waals surface area (Å²) in [5, 5.41) is 0.974. The van der Waals surface area contributed by atoms with E-state index in [-0.39, 0.29) is 0 Å². The molecule has 0 atom stereocenters. The minimum absolute atomic E-state index is 0.795. The summed E-state index contributed by atoms with van der Waals surface area (Å²) < 4.78 is 4.21. The summed E-state index contributed by atoms with van der Waals surface area (Å²) in [7, 11) is 0. The van der Waals surface area contributed by atoms with E-state index in [0.717, 1.165) is 29.7 Å². The van der Waals surface area contributed by atoms with E-state index in [1.807, 2.05) is 31.2 Å². The lowest BCUT2D eigenvalue weighted by Crippen LogP contribution is -2.21. The van der Waals surface area contributed by atoms with Crippen molar-refractivity contribution in [3.8, 4) is 0 Å². The number of rotatable bonds is 4. The molecule has 0 bridgehead atoms. The second-order valence-corrected chi connectivity index (χ2v) is 4.61. The van der Waals surface area contributed by atoms with Crippen LogP contribution in [0.1, 0.15) is 18.3 Å². The molecule has 90 valence electrons. The molecule has 1 aromatic heterocycles. The van der Waals surface area contributed by atoms with Crippen molar-refractivity contribution in [2.24, 2.45) is 0 Å². The third kappa shape index (κ3) is 2.94. The smallest absolute Gasteiger partial charge is 0.205 e. The number of aromatic nitrogens is 2. The summed E-state index contributed by atoms with van der Waals surface area (Å²) >= 11 is 1.44. The van der Waals surface area contributed by atoms with Gasteiger partial charge in [-0.1, -0.05) is 12.1 Å². The predicted molar refractivity (Wildman–Crippen MR) is 72.2 cm³/mol. The van der Waals surface area contributed by atoms with Crippen molar-refractivity contribution >= 4 is 22.4 Å². The van der Waals surface area contributed by atoms with E-state index >= 15 is 0 Å². The average molecular weight is 248 g/mol. The lowest BCUT2D eigenvalue weighted by atomic mass is 10.2. The second-order valence-electron chi connectivity index (χ2n) is 3.88. The maximum absolute atomic E-state index is 5.67. The number of hydrogen-bond donors (Lipinski definition) is 1. The molecule has 0 saturated carbocycles. The summed E-state index contributed by atoms with van der Waals surface area (Å²) in [5.41, 5.74) is 7.70. The predicted octanol–water partition coefficient (Wildman–Crippen LogP) is 2.46. The topological polar surface area (TPSA) is 55.0 Å². The molecule has 4 nitrogen and oxygen atoms in total. The van der Waals surface area contributed by atoms with E-state index in [9.17, 15) is 0 Å². The highest BCUT2D eigenvalue weighted by molar-refractivity contribution is 7.09. The minimum Gasteiger partial charge on any atom is -0.399 e. The van der Waals surface area contributed by atoms with Crippen LogP contribution in [0.5, 0.6) is 0 Å². The Hall–Kier alpha value is -1.62. The Morgan fingerprint density at radius 3 is 2.53 bits per heavy atom. The molecule has 0 aliphatic carbocycles. The van der Waals surface area contributed by atoms with Gasteiger partial charge in [0, 0.05) is 30.3 Å². The zero-order valence-corrected chi connectivity index (χ0v) is 10.9. The molecule has 5 heteroatoms. The SMILES string of the molecule is CCN(Cc1ccc(N)cc1)c1nc(C)ns1. The molecule has 1 aromatic carbocycles. The van der Waals surface area contributed by atoms with Gasteiger partial charge in [-0.2, -0.15) is 4.37 Å². The Morgan fingerprint density at radius 1 is 1.29 bits per heavy atom. The van der Waals surface area contributed by atoms with Gasteiger partial charge in [-0.05, 0) is 31.5 Å². The lowest BCUT2D eigenvalue weighted by molar-refractivity contribution is 0.824. The summed E-state index contributed by atoms with van der Waals surface area (Å²) in [6.45, 7) is 5.79. The maximum Gasteiger partial charge on any atom is 0.205 e. The quantitative estimate of drug-likeness (QED) is 0.844. The molecule has 0 spiro atoms. The van der Waals surface area contributed by atoms with Crippen LogP contribution >= 0.6 is 11.5 Å². The third-order valence-corrected chi connectivity index (χ3v) is 3.39. The van der Waals surface area contributed by atoms with E-state index in [0.29, 0.717) is 0 Å². The summed E-state index contributed by atoms with van der Waals surface area (Å²) in [5.74, 6) is 0.834. The fraction of sp³-hybridized carbons (Fsp3) is 0.333. The van der Waals surface area contributed by atoms with Crippen molar-refractivity contribution < 1.29 is 0 Å². The van der Waals surface area contributed by atoms with Gasteiger partial charge in [0.1, 0.15) is 5.82 Å². The van der Waals surface area contributed by atoms with Crippen molar-refractivity contribution in [2.45, 2.75) is 20.4 Å². The number of nitrogen functional groups attached to an aromatic ring is 1. The minimum atomic E-state index is 0.795. The standard InChI is InChI=1S/C12H16N4S/c1-3-16(12-14-9(2)15-17-12)8-10-4-6-11(13)7-5-10/h4-7H,3,8,13H2,1-2H3. The van der Waals surface area contributed by atoms with E-state index in [2.05, 4.69) is 21.2 Å². The maximum atomic E-state index is 5.67. The highest BCUT2D eigenvalue weighted by Gasteiger charge is 2.09. The van der Waals surface area contributed by atoms with Crippen molar-refractivity contribution in [1.29, 1.82) is 0 Å². The summed E-state index contributed by atoms with van der Waals surface area (Å²) in [6.07, 6.45) is 0. The molecule has 0 amide bonds. The number of nitrogens with zero attached hydrogens (tertiary/aromatic N) is 3. The number of nitrogens with two attached hydrogens (primary N) is 1. The molecule has 0 aliphatic heterocycles. The zero-order chi connectivity index (χ0) is 12.3. The Balaban J connectivity index is 2.12. The molecule has 0 radical (unpaired) electrons. The third-order valence-electron chi connectivity index (χ3n) is 2.52. The summed E-state index contributed by atoms with van der Waals surface area (Å²) in [4.78, 5) is 6.61. The Labute approximate surface area is 105 Å². The first-order chi connectivity index (χ1) is 8.19. The molecule has 0 unspecified atom stereocenters.